The quantitative estimate of drug-likeness (QED) is 0.210. The smallest absolute Gasteiger partial charge is 0.416 e. The van der Waals surface area contributed by atoms with Gasteiger partial charge in [0.15, 0.2) is 0 Å². The number of esters is 1. The van der Waals surface area contributed by atoms with Crippen LogP contribution in [0.25, 0.3) is 16.8 Å². The van der Waals surface area contributed by atoms with E-state index >= 15 is 0 Å². The second-order valence-corrected chi connectivity index (χ2v) is 11.0. The van der Waals surface area contributed by atoms with Crippen molar-refractivity contribution in [1.29, 1.82) is 0 Å². The van der Waals surface area contributed by atoms with Crippen molar-refractivity contribution < 1.29 is 27.5 Å². The molecule has 220 valence electrons. The van der Waals surface area contributed by atoms with Crippen LogP contribution in [0.3, 0.4) is 0 Å². The molecule has 6 nitrogen and oxygen atoms in total. The van der Waals surface area contributed by atoms with E-state index in [1.54, 1.807) is 16.7 Å². The Morgan fingerprint density at radius 2 is 1.71 bits per heavy atom. The number of pyridine rings is 1. The number of rotatable bonds is 8. The van der Waals surface area contributed by atoms with Gasteiger partial charge in [-0.05, 0) is 85.4 Å². The van der Waals surface area contributed by atoms with Crippen LogP contribution >= 0.6 is 11.6 Å². The van der Waals surface area contributed by atoms with Crippen molar-refractivity contribution in [3.63, 3.8) is 0 Å². The molecule has 2 heterocycles. The van der Waals surface area contributed by atoms with Crippen molar-refractivity contribution in [2.75, 3.05) is 6.61 Å². The van der Waals surface area contributed by atoms with Gasteiger partial charge in [0, 0.05) is 35.9 Å². The average molecular weight is 598 g/mol. The van der Waals surface area contributed by atoms with Gasteiger partial charge in [-0.1, -0.05) is 41.9 Å². The van der Waals surface area contributed by atoms with Gasteiger partial charge in [0.1, 0.15) is 11.3 Å². The van der Waals surface area contributed by atoms with Gasteiger partial charge in [-0.25, -0.2) is 4.98 Å². The number of halogens is 4. The number of hydrogen-bond acceptors (Lipinski definition) is 4. The third kappa shape index (κ3) is 6.78. The molecule has 2 aromatic carbocycles. The molecule has 1 N–H and O–H groups in total. The molecular weight excluding hydrogens is 567 g/mol. The molecule has 0 radical (unpaired) electrons. The maximum Gasteiger partial charge on any atom is 0.416 e. The second kappa shape index (κ2) is 12.6. The lowest BCUT2D eigenvalue weighted by Crippen LogP contribution is -2.25. The molecule has 1 aliphatic rings. The molecule has 1 aliphatic carbocycles. The maximum atomic E-state index is 13.4. The number of hydrogen-bond donors (Lipinski definition) is 1. The number of amides is 1. The van der Waals surface area contributed by atoms with E-state index < -0.39 is 17.6 Å². The number of alkyl halides is 3. The second-order valence-electron chi connectivity index (χ2n) is 10.6. The summed E-state index contributed by atoms with van der Waals surface area (Å²) in [6.07, 6.45) is 3.44. The summed E-state index contributed by atoms with van der Waals surface area (Å²) in [6.45, 7) is 1.87. The number of ether oxygens (including phenoxy) is 1. The summed E-state index contributed by atoms with van der Waals surface area (Å²) in [5.41, 5.74) is 2.76. The van der Waals surface area contributed by atoms with Gasteiger partial charge in [0.25, 0.3) is 5.91 Å². The largest absolute Gasteiger partial charge is 0.466 e. The summed E-state index contributed by atoms with van der Waals surface area (Å²) in [6, 6.07) is 15.7. The Labute approximate surface area is 246 Å². The Kier molecular flexibility index (Phi) is 8.87. The standard InChI is InChI=1S/C32H31ClF3N3O3/c1-2-42-30(40)16-20-6-8-21(9-7-20)22-10-12-23(13-11-22)24-14-15-29-38-28(19-39(29)18-24)31(41)37-17-25-26(32(34,35)36)4-3-5-27(25)33/h3-5,10-15,18-21H,2,6-9,16-17H2,1H3,(H,37,41)/t20-,21-. The van der Waals surface area contributed by atoms with Gasteiger partial charge >= 0.3 is 12.1 Å². The zero-order valence-electron chi connectivity index (χ0n) is 23.1. The molecule has 1 amide bonds. The monoisotopic (exact) mass is 597 g/mol. The van der Waals surface area contributed by atoms with Crippen LogP contribution in [-0.4, -0.2) is 27.9 Å². The number of fused-ring (bicyclic) bond motifs is 1. The lowest BCUT2D eigenvalue weighted by atomic mass is 9.77. The Morgan fingerprint density at radius 1 is 1.00 bits per heavy atom. The molecule has 4 aromatic rings. The van der Waals surface area contributed by atoms with Crippen LogP contribution in [0.15, 0.2) is 67.0 Å². The fourth-order valence-electron chi connectivity index (χ4n) is 5.64. The van der Waals surface area contributed by atoms with Crippen molar-refractivity contribution in [2.45, 2.75) is 57.7 Å². The minimum atomic E-state index is -4.59. The number of benzene rings is 2. The van der Waals surface area contributed by atoms with Crippen LogP contribution < -0.4 is 5.32 Å². The minimum Gasteiger partial charge on any atom is -0.466 e. The molecule has 0 unspecified atom stereocenters. The van der Waals surface area contributed by atoms with Gasteiger partial charge in [-0.15, -0.1) is 0 Å². The molecule has 1 saturated carbocycles. The molecule has 0 saturated heterocycles. The Bertz CT molecular complexity index is 1580. The lowest BCUT2D eigenvalue weighted by molar-refractivity contribution is -0.144. The molecule has 2 aromatic heterocycles. The molecule has 0 spiro atoms. The van der Waals surface area contributed by atoms with Crippen LogP contribution in [0, 0.1) is 5.92 Å². The van der Waals surface area contributed by atoms with Crippen LogP contribution in [0.5, 0.6) is 0 Å². The average Bonchev–Trinajstić information content (AvgIpc) is 3.40. The third-order valence-electron chi connectivity index (χ3n) is 7.86. The van der Waals surface area contributed by atoms with Crippen LogP contribution in [0.2, 0.25) is 5.02 Å². The van der Waals surface area contributed by atoms with Crippen molar-refractivity contribution in [2.24, 2.45) is 5.92 Å². The van der Waals surface area contributed by atoms with Crippen molar-refractivity contribution in [1.82, 2.24) is 14.7 Å². The summed E-state index contributed by atoms with van der Waals surface area (Å²) in [7, 11) is 0. The molecule has 0 bridgehead atoms. The zero-order valence-corrected chi connectivity index (χ0v) is 23.8. The summed E-state index contributed by atoms with van der Waals surface area (Å²) in [5.74, 6) is 0.147. The van der Waals surface area contributed by atoms with Crippen molar-refractivity contribution in [3.05, 3.63) is 94.4 Å². The molecule has 0 atom stereocenters. The minimum absolute atomic E-state index is 0.0718. The van der Waals surface area contributed by atoms with E-state index in [9.17, 15) is 22.8 Å². The fraction of sp³-hybridized carbons (Fsp3) is 0.344. The Balaban J connectivity index is 1.23. The topological polar surface area (TPSA) is 72.7 Å². The molecule has 0 aliphatic heterocycles. The van der Waals surface area contributed by atoms with E-state index in [0.29, 0.717) is 30.5 Å². The van der Waals surface area contributed by atoms with Gasteiger partial charge in [0.05, 0.1) is 12.2 Å². The highest BCUT2D eigenvalue weighted by Gasteiger charge is 2.34. The first-order valence-corrected chi connectivity index (χ1v) is 14.4. The predicted molar refractivity (Wildman–Crippen MR) is 154 cm³/mol. The Morgan fingerprint density at radius 3 is 2.40 bits per heavy atom. The number of imidazole rings is 1. The molecule has 5 rings (SSSR count). The first-order valence-electron chi connectivity index (χ1n) is 14.0. The number of carbonyl (C=O) groups excluding carboxylic acids is 2. The van der Waals surface area contributed by atoms with Crippen molar-refractivity contribution >= 4 is 29.1 Å². The van der Waals surface area contributed by atoms with Gasteiger partial charge in [0.2, 0.25) is 0 Å². The van der Waals surface area contributed by atoms with E-state index in [1.165, 1.54) is 17.7 Å². The zero-order chi connectivity index (χ0) is 29.9. The molecular formula is C32H31ClF3N3O3. The number of carbonyl (C=O) groups is 2. The van der Waals surface area contributed by atoms with E-state index in [0.717, 1.165) is 42.9 Å². The molecule has 42 heavy (non-hydrogen) atoms. The Hall–Kier alpha value is -3.85. The van der Waals surface area contributed by atoms with Crippen LogP contribution in [0.4, 0.5) is 13.2 Å². The third-order valence-corrected chi connectivity index (χ3v) is 8.21. The number of nitrogens with one attached hydrogen (secondary N) is 1. The summed E-state index contributed by atoms with van der Waals surface area (Å²) in [4.78, 5) is 28.9. The first-order chi connectivity index (χ1) is 20.1. The number of nitrogens with zero attached hydrogens (tertiary/aromatic N) is 2. The lowest BCUT2D eigenvalue weighted by Gasteiger charge is -2.28. The molecule has 10 heteroatoms. The first kappa shape index (κ1) is 29.6. The fourth-order valence-corrected chi connectivity index (χ4v) is 5.88. The van der Waals surface area contributed by atoms with Gasteiger partial charge in [-0.2, -0.15) is 13.2 Å². The summed E-state index contributed by atoms with van der Waals surface area (Å²) >= 11 is 6.00. The van der Waals surface area contributed by atoms with Crippen molar-refractivity contribution in [3.8, 4) is 11.1 Å². The molecule has 1 fully saturated rings. The van der Waals surface area contributed by atoms with Gasteiger partial charge in [-0.3, -0.25) is 9.59 Å². The normalized spacial score (nSPS) is 17.3. The van der Waals surface area contributed by atoms with E-state index in [1.807, 2.05) is 19.2 Å². The van der Waals surface area contributed by atoms with Crippen LogP contribution in [0.1, 0.15) is 72.1 Å². The van der Waals surface area contributed by atoms with Crippen LogP contribution in [-0.2, 0) is 22.3 Å². The highest BCUT2D eigenvalue weighted by atomic mass is 35.5. The highest BCUT2D eigenvalue weighted by molar-refractivity contribution is 6.31. The predicted octanol–water partition coefficient (Wildman–Crippen LogP) is 7.83. The maximum absolute atomic E-state index is 13.4. The SMILES string of the molecule is CCOC(=O)C[C@H]1CC[C@H](c2ccc(-c3ccc4nc(C(=O)NCc5c(Cl)cccc5C(F)(F)F)cn4c3)cc2)CC1. The van der Waals surface area contributed by atoms with E-state index in [4.69, 9.17) is 16.3 Å². The van der Waals surface area contributed by atoms with Gasteiger partial charge < -0.3 is 14.5 Å². The van der Waals surface area contributed by atoms with E-state index in [2.05, 4.69) is 34.6 Å². The number of aromatic nitrogens is 2. The summed E-state index contributed by atoms with van der Waals surface area (Å²) in [5, 5.41) is 2.44. The summed E-state index contributed by atoms with van der Waals surface area (Å²) < 4.78 is 47.0. The van der Waals surface area contributed by atoms with E-state index in [-0.39, 0.29) is 28.8 Å². The highest BCUT2D eigenvalue weighted by Crippen LogP contribution is 2.38.